The quantitative estimate of drug-likeness (QED) is 0.117. The number of allylic oxidation sites excluding steroid dienone is 2. The monoisotopic (exact) mass is 734 g/mol. The number of furan rings is 1. The van der Waals surface area contributed by atoms with Crippen LogP contribution in [0, 0.1) is 16.7 Å². The predicted molar refractivity (Wildman–Crippen MR) is 233 cm³/mol. The minimum Gasteiger partial charge on any atom is -0.455 e. The van der Waals surface area contributed by atoms with Gasteiger partial charge in [-0.1, -0.05) is 129 Å². The van der Waals surface area contributed by atoms with E-state index in [2.05, 4.69) is 146 Å². The molecule has 0 spiro atoms. The van der Waals surface area contributed by atoms with Crippen molar-refractivity contribution in [1.82, 2.24) is 10.6 Å². The molecule has 0 saturated carbocycles. The van der Waals surface area contributed by atoms with Crippen LogP contribution >= 0.6 is 0 Å². The zero-order valence-electron chi connectivity index (χ0n) is 31.6. The summed E-state index contributed by atoms with van der Waals surface area (Å²) in [4.78, 5) is 0. The lowest BCUT2D eigenvalue weighted by Crippen LogP contribution is -2.44. The van der Waals surface area contributed by atoms with E-state index in [0.717, 1.165) is 72.0 Å². The molecule has 3 N–H and O–H groups in total. The van der Waals surface area contributed by atoms with Gasteiger partial charge in [0, 0.05) is 32.9 Å². The van der Waals surface area contributed by atoms with E-state index in [1.165, 1.54) is 22.3 Å². The third-order valence-electron chi connectivity index (χ3n) is 11.6. The maximum atomic E-state index is 9.58. The average Bonchev–Trinajstić information content (AvgIpc) is 3.75. The van der Waals surface area contributed by atoms with E-state index in [-0.39, 0.29) is 11.6 Å². The fourth-order valence-electron chi connectivity index (χ4n) is 8.64. The van der Waals surface area contributed by atoms with Gasteiger partial charge in [-0.15, -0.1) is 0 Å². The number of dihydropyridines is 1. The summed E-state index contributed by atoms with van der Waals surface area (Å²) in [5.74, 6) is 0.349. The molecular formula is C52H38N4O. The van der Waals surface area contributed by atoms with E-state index in [1.54, 1.807) is 0 Å². The fourth-order valence-corrected chi connectivity index (χ4v) is 8.64. The second kappa shape index (κ2) is 13.4. The highest BCUT2D eigenvalue weighted by molar-refractivity contribution is 6.11. The smallest absolute Gasteiger partial charge is 0.143 e. The highest BCUT2D eigenvalue weighted by Crippen LogP contribution is 2.50. The maximum Gasteiger partial charge on any atom is 0.143 e. The van der Waals surface area contributed by atoms with Gasteiger partial charge in [0.05, 0.1) is 11.6 Å². The third-order valence-corrected chi connectivity index (χ3v) is 11.6. The molecule has 1 aromatic heterocycles. The number of hydrogen-bond donors (Lipinski definition) is 3. The highest BCUT2D eigenvalue weighted by atomic mass is 16.3. The molecule has 5 heteroatoms. The Kier molecular flexibility index (Phi) is 8.02. The molecule has 57 heavy (non-hydrogen) atoms. The number of nitriles is 1. The van der Waals surface area contributed by atoms with E-state index in [4.69, 9.17) is 9.83 Å². The number of amidine groups is 1. The van der Waals surface area contributed by atoms with Gasteiger partial charge in [-0.3, -0.25) is 5.41 Å². The molecule has 1 atom stereocenters. The Morgan fingerprint density at radius 1 is 0.649 bits per heavy atom. The standard InChI is InChI=1S/C52H38N4O/c1-52(2)46-26-32(31-53)19-22-42(46)43-23-20-38(30-47(43)52)40-16-8-17-44-45-29-37(21-24-48(45)57-49(40)44)35-13-6-12-34(27-35)36-14-7-15-39(28-36)50(54)56-51-41(18-9-25-55-51)33-10-4-3-5-11-33/h3-30,51,55H,1-2H3,(H2,54,56). The van der Waals surface area contributed by atoms with Crippen LogP contribution in [0.15, 0.2) is 174 Å². The van der Waals surface area contributed by atoms with Crippen molar-refractivity contribution in [3.63, 3.8) is 0 Å². The molecule has 0 fully saturated rings. The topological polar surface area (TPSA) is 84.8 Å². The van der Waals surface area contributed by atoms with Gasteiger partial charge in [-0.2, -0.15) is 5.26 Å². The molecule has 5 nitrogen and oxygen atoms in total. The Balaban J connectivity index is 0.945. The van der Waals surface area contributed by atoms with Crippen molar-refractivity contribution in [1.29, 1.82) is 10.7 Å². The SMILES string of the molecule is CC1(C)c2cc(C#N)ccc2-c2ccc(-c3cccc4c3oc3ccc(-c5cccc(-c6cccc(C(=N)NC7NC=CC=C7c7ccccc7)c6)c5)cc34)cc21. The molecule has 1 aliphatic carbocycles. The van der Waals surface area contributed by atoms with E-state index in [0.29, 0.717) is 11.4 Å². The van der Waals surface area contributed by atoms with Gasteiger partial charge in [-0.05, 0) is 110 Å². The normalized spacial score (nSPS) is 15.0. The van der Waals surface area contributed by atoms with Crippen LogP contribution in [0.2, 0.25) is 0 Å². The first-order valence-electron chi connectivity index (χ1n) is 19.3. The number of para-hydroxylation sites is 1. The molecule has 0 radical (unpaired) electrons. The summed E-state index contributed by atoms with van der Waals surface area (Å²) < 4.78 is 6.63. The van der Waals surface area contributed by atoms with Crippen LogP contribution in [0.3, 0.4) is 0 Å². The Labute approximate surface area is 331 Å². The first-order chi connectivity index (χ1) is 27.9. The predicted octanol–water partition coefficient (Wildman–Crippen LogP) is 12.2. The van der Waals surface area contributed by atoms with Crippen molar-refractivity contribution in [3.8, 4) is 50.6 Å². The van der Waals surface area contributed by atoms with Crippen LogP contribution in [0.4, 0.5) is 0 Å². The molecule has 7 aromatic carbocycles. The lowest BCUT2D eigenvalue weighted by Gasteiger charge is -2.26. The fraction of sp³-hybridized carbons (Fsp3) is 0.0769. The summed E-state index contributed by atoms with van der Waals surface area (Å²) in [7, 11) is 0. The number of fused-ring (bicyclic) bond motifs is 6. The number of benzene rings is 7. The minimum absolute atomic E-state index is 0.222. The Morgan fingerprint density at radius 2 is 1.33 bits per heavy atom. The van der Waals surface area contributed by atoms with Crippen molar-refractivity contribution in [3.05, 3.63) is 198 Å². The minimum atomic E-state index is -0.229. The molecule has 0 bridgehead atoms. The van der Waals surface area contributed by atoms with Gasteiger partial charge in [0.25, 0.3) is 0 Å². The van der Waals surface area contributed by atoms with Crippen LogP contribution in [0.1, 0.15) is 41.7 Å². The summed E-state index contributed by atoms with van der Waals surface area (Å²) in [6, 6.07) is 54.9. The number of hydrogen-bond acceptors (Lipinski definition) is 4. The van der Waals surface area contributed by atoms with Crippen LogP contribution in [-0.2, 0) is 5.41 Å². The van der Waals surface area contributed by atoms with Crippen LogP contribution in [0.5, 0.6) is 0 Å². The number of nitrogens with zero attached hydrogens (tertiary/aromatic N) is 1. The van der Waals surface area contributed by atoms with Crippen molar-refractivity contribution < 1.29 is 4.42 Å². The first-order valence-corrected chi connectivity index (χ1v) is 19.3. The molecule has 2 heterocycles. The van der Waals surface area contributed by atoms with Crippen molar-refractivity contribution >= 4 is 33.3 Å². The lowest BCUT2D eigenvalue weighted by molar-refractivity contribution is 0.660. The van der Waals surface area contributed by atoms with E-state index in [1.807, 2.05) is 54.7 Å². The molecular weight excluding hydrogens is 697 g/mol. The molecule has 0 amide bonds. The summed E-state index contributed by atoms with van der Waals surface area (Å²) >= 11 is 0. The largest absolute Gasteiger partial charge is 0.455 e. The number of nitrogens with one attached hydrogen (secondary N) is 3. The maximum absolute atomic E-state index is 9.58. The second-order valence-electron chi connectivity index (χ2n) is 15.4. The Bertz CT molecular complexity index is 3030. The highest BCUT2D eigenvalue weighted by Gasteiger charge is 2.36. The number of rotatable bonds is 6. The molecule has 272 valence electrons. The molecule has 2 aliphatic rings. The molecule has 1 aliphatic heterocycles. The summed E-state index contributed by atoms with van der Waals surface area (Å²) in [6.45, 7) is 4.49. The lowest BCUT2D eigenvalue weighted by atomic mass is 9.81. The zero-order valence-corrected chi connectivity index (χ0v) is 31.6. The Hall–Kier alpha value is -7.42. The summed E-state index contributed by atoms with van der Waals surface area (Å²) in [6.07, 6.45) is 5.76. The van der Waals surface area contributed by atoms with Crippen LogP contribution in [-0.4, -0.2) is 12.0 Å². The first kappa shape index (κ1) is 34.1. The summed E-state index contributed by atoms with van der Waals surface area (Å²) in [5.41, 5.74) is 16.6. The van der Waals surface area contributed by atoms with E-state index < -0.39 is 0 Å². The van der Waals surface area contributed by atoms with Crippen molar-refractivity contribution in [2.45, 2.75) is 25.4 Å². The zero-order chi connectivity index (χ0) is 38.7. The van der Waals surface area contributed by atoms with Gasteiger partial charge in [0.2, 0.25) is 0 Å². The molecule has 10 rings (SSSR count). The van der Waals surface area contributed by atoms with Gasteiger partial charge in [-0.25, -0.2) is 0 Å². The molecule has 0 saturated heterocycles. The van der Waals surface area contributed by atoms with E-state index in [9.17, 15) is 5.26 Å². The third kappa shape index (κ3) is 5.82. The average molecular weight is 735 g/mol. The van der Waals surface area contributed by atoms with Gasteiger partial charge >= 0.3 is 0 Å². The molecule has 8 aromatic rings. The Morgan fingerprint density at radius 3 is 2.14 bits per heavy atom. The molecule has 1 unspecified atom stereocenters. The van der Waals surface area contributed by atoms with Gasteiger partial charge in [0.15, 0.2) is 0 Å². The summed E-state index contributed by atoms with van der Waals surface area (Å²) in [5, 5.41) is 27.5. The van der Waals surface area contributed by atoms with Gasteiger partial charge in [0.1, 0.15) is 23.2 Å². The van der Waals surface area contributed by atoms with Crippen LogP contribution < -0.4 is 10.6 Å². The van der Waals surface area contributed by atoms with Crippen molar-refractivity contribution in [2.24, 2.45) is 0 Å². The van der Waals surface area contributed by atoms with Crippen molar-refractivity contribution in [2.75, 3.05) is 0 Å². The van der Waals surface area contributed by atoms with Crippen LogP contribution in [0.25, 0.3) is 72.0 Å². The van der Waals surface area contributed by atoms with E-state index >= 15 is 0 Å². The van der Waals surface area contributed by atoms with Gasteiger partial charge < -0.3 is 15.1 Å². The second-order valence-corrected chi connectivity index (χ2v) is 15.4.